The Kier molecular flexibility index (Phi) is 4.44. The predicted molar refractivity (Wildman–Crippen MR) is 106 cm³/mol. The summed E-state index contributed by atoms with van der Waals surface area (Å²) >= 11 is 0. The molecule has 0 bridgehead atoms. The van der Waals surface area contributed by atoms with Gasteiger partial charge in [0.05, 0.1) is 24.7 Å². The molecule has 4 aromatic rings. The minimum atomic E-state index is 0.177. The van der Waals surface area contributed by atoms with Crippen molar-refractivity contribution in [3.05, 3.63) is 72.8 Å². The second-order valence-corrected chi connectivity index (χ2v) is 6.04. The number of hydrogen-bond acceptors (Lipinski definition) is 6. The summed E-state index contributed by atoms with van der Waals surface area (Å²) in [6.45, 7) is 0. The molecule has 1 aromatic carbocycles. The summed E-state index contributed by atoms with van der Waals surface area (Å²) in [6, 6.07) is 15.2. The number of benzene rings is 1. The molecule has 7 heteroatoms. The maximum Gasteiger partial charge on any atom is 0.142 e. The van der Waals surface area contributed by atoms with Crippen LogP contribution in [0.15, 0.2) is 67.3 Å². The number of nitrogen functional groups attached to an aromatic ring is 1. The van der Waals surface area contributed by atoms with E-state index < -0.39 is 0 Å². The number of methoxy groups -OCH3 is 1. The molecule has 0 aliphatic carbocycles. The minimum Gasteiger partial charge on any atom is -0.497 e. The number of rotatable bonds is 4. The van der Waals surface area contributed by atoms with Gasteiger partial charge in [-0.05, 0) is 36.4 Å². The molecule has 3 aromatic heterocycles. The van der Waals surface area contributed by atoms with E-state index in [1.165, 1.54) is 0 Å². The van der Waals surface area contributed by atoms with Gasteiger partial charge in [0.15, 0.2) is 0 Å². The summed E-state index contributed by atoms with van der Waals surface area (Å²) < 4.78 is 6.93. The van der Waals surface area contributed by atoms with Crippen LogP contribution in [0.1, 0.15) is 5.56 Å². The monoisotopic (exact) mass is 368 g/mol. The summed E-state index contributed by atoms with van der Waals surface area (Å²) in [7, 11) is 1.63. The maximum absolute atomic E-state index is 9.50. The van der Waals surface area contributed by atoms with Gasteiger partial charge in [-0.25, -0.2) is 9.67 Å². The summed E-state index contributed by atoms with van der Waals surface area (Å²) in [4.78, 5) is 8.53. The molecular weight excluding hydrogens is 352 g/mol. The van der Waals surface area contributed by atoms with Crippen LogP contribution in [0.3, 0.4) is 0 Å². The first-order chi connectivity index (χ1) is 13.7. The van der Waals surface area contributed by atoms with Crippen molar-refractivity contribution in [2.45, 2.75) is 0 Å². The number of hydrogen-bond donors (Lipinski definition) is 1. The van der Waals surface area contributed by atoms with Gasteiger partial charge in [0.25, 0.3) is 0 Å². The molecule has 3 heterocycles. The molecule has 0 unspecified atom stereocenters. The van der Waals surface area contributed by atoms with E-state index >= 15 is 0 Å². The quantitative estimate of drug-likeness (QED) is 0.592. The Hall–Kier alpha value is -4.18. The Morgan fingerprint density at radius 1 is 1.11 bits per heavy atom. The fourth-order valence-corrected chi connectivity index (χ4v) is 2.91. The van der Waals surface area contributed by atoms with E-state index in [1.807, 2.05) is 48.7 Å². The fourth-order valence-electron chi connectivity index (χ4n) is 2.91. The van der Waals surface area contributed by atoms with Gasteiger partial charge in [0.1, 0.15) is 23.2 Å². The number of pyridine rings is 2. The van der Waals surface area contributed by atoms with Crippen LogP contribution < -0.4 is 10.5 Å². The topological polar surface area (TPSA) is 103 Å². The van der Waals surface area contributed by atoms with E-state index in [-0.39, 0.29) is 5.82 Å². The molecule has 2 N–H and O–H groups in total. The van der Waals surface area contributed by atoms with Crippen LogP contribution in [-0.2, 0) is 0 Å². The Balaban J connectivity index is 1.77. The van der Waals surface area contributed by atoms with Crippen LogP contribution >= 0.6 is 0 Å². The van der Waals surface area contributed by atoms with Crippen LogP contribution in [-0.4, -0.2) is 26.9 Å². The molecule has 0 saturated carbocycles. The standard InChI is InChI=1S/C21H16N6O/c1-28-17-6-4-16(5-7-17)27-13-15(12-25-27)20-9-18(14-3-2-8-24-11-14)19(10-22)21(23)26-20/h2-9,11-13H,1H3,(H2,23,26). The Morgan fingerprint density at radius 3 is 2.61 bits per heavy atom. The zero-order valence-electron chi connectivity index (χ0n) is 15.1. The summed E-state index contributed by atoms with van der Waals surface area (Å²) in [6.07, 6.45) is 6.95. The third-order valence-corrected chi connectivity index (χ3v) is 4.35. The molecule has 136 valence electrons. The molecule has 0 aliphatic rings. The molecule has 0 spiro atoms. The smallest absolute Gasteiger partial charge is 0.142 e. The molecule has 0 atom stereocenters. The number of ether oxygens (including phenoxy) is 1. The first-order valence-electron chi connectivity index (χ1n) is 8.50. The lowest BCUT2D eigenvalue weighted by Gasteiger charge is -2.08. The van der Waals surface area contributed by atoms with Crippen molar-refractivity contribution < 1.29 is 4.74 Å². The Bertz CT molecular complexity index is 1160. The summed E-state index contributed by atoms with van der Waals surface area (Å²) in [5, 5.41) is 13.9. The van der Waals surface area contributed by atoms with Crippen molar-refractivity contribution in [1.29, 1.82) is 5.26 Å². The van der Waals surface area contributed by atoms with E-state index in [1.54, 1.807) is 30.4 Å². The number of aromatic nitrogens is 4. The van der Waals surface area contributed by atoms with E-state index in [4.69, 9.17) is 10.5 Å². The van der Waals surface area contributed by atoms with Gasteiger partial charge in [-0.2, -0.15) is 10.4 Å². The van der Waals surface area contributed by atoms with Gasteiger partial charge in [-0.3, -0.25) is 4.98 Å². The van der Waals surface area contributed by atoms with Crippen molar-refractivity contribution in [1.82, 2.24) is 19.7 Å². The molecular formula is C21H16N6O. The van der Waals surface area contributed by atoms with Gasteiger partial charge in [-0.15, -0.1) is 0 Å². The number of anilines is 1. The second-order valence-electron chi connectivity index (χ2n) is 6.04. The highest BCUT2D eigenvalue weighted by Gasteiger charge is 2.14. The molecule has 0 saturated heterocycles. The van der Waals surface area contributed by atoms with Crippen LogP contribution in [0, 0.1) is 11.3 Å². The lowest BCUT2D eigenvalue weighted by molar-refractivity contribution is 0.414. The van der Waals surface area contributed by atoms with E-state index in [9.17, 15) is 5.26 Å². The number of nitrogens with two attached hydrogens (primary N) is 1. The zero-order chi connectivity index (χ0) is 19.5. The third-order valence-electron chi connectivity index (χ3n) is 4.35. The van der Waals surface area contributed by atoms with Gasteiger partial charge in [0.2, 0.25) is 0 Å². The SMILES string of the molecule is COc1ccc(-n2cc(-c3cc(-c4cccnc4)c(C#N)c(N)n3)cn2)cc1. The van der Waals surface area contributed by atoms with Gasteiger partial charge >= 0.3 is 0 Å². The van der Waals surface area contributed by atoms with Gasteiger partial charge < -0.3 is 10.5 Å². The average Bonchev–Trinajstić information content (AvgIpc) is 3.24. The van der Waals surface area contributed by atoms with Crippen LogP contribution in [0.4, 0.5) is 5.82 Å². The lowest BCUT2D eigenvalue weighted by atomic mass is 10.0. The number of nitrogens with zero attached hydrogens (tertiary/aromatic N) is 5. The molecule has 0 radical (unpaired) electrons. The van der Waals surface area contributed by atoms with Crippen molar-refractivity contribution in [2.24, 2.45) is 0 Å². The van der Waals surface area contributed by atoms with E-state index in [0.29, 0.717) is 16.8 Å². The van der Waals surface area contributed by atoms with Gasteiger partial charge in [-0.1, -0.05) is 6.07 Å². The van der Waals surface area contributed by atoms with Gasteiger partial charge in [0, 0.05) is 35.3 Å². The fraction of sp³-hybridized carbons (Fsp3) is 0.0476. The molecule has 0 fully saturated rings. The minimum absolute atomic E-state index is 0.177. The van der Waals surface area contributed by atoms with Crippen LogP contribution in [0.25, 0.3) is 28.1 Å². The van der Waals surface area contributed by atoms with E-state index in [0.717, 1.165) is 22.6 Å². The summed E-state index contributed by atoms with van der Waals surface area (Å²) in [5.74, 6) is 0.954. The summed E-state index contributed by atoms with van der Waals surface area (Å²) in [5.41, 5.74) is 10.2. The van der Waals surface area contributed by atoms with Crippen LogP contribution in [0.5, 0.6) is 5.75 Å². The number of nitriles is 1. The highest BCUT2D eigenvalue weighted by atomic mass is 16.5. The normalized spacial score (nSPS) is 10.4. The first kappa shape index (κ1) is 17.2. The highest BCUT2D eigenvalue weighted by molar-refractivity contribution is 5.79. The van der Waals surface area contributed by atoms with E-state index in [2.05, 4.69) is 21.1 Å². The van der Waals surface area contributed by atoms with Crippen molar-refractivity contribution in [3.8, 4) is 39.9 Å². The zero-order valence-corrected chi connectivity index (χ0v) is 15.1. The Morgan fingerprint density at radius 2 is 1.93 bits per heavy atom. The first-order valence-corrected chi connectivity index (χ1v) is 8.50. The second kappa shape index (κ2) is 7.21. The maximum atomic E-state index is 9.50. The van der Waals surface area contributed by atoms with Crippen molar-refractivity contribution >= 4 is 5.82 Å². The lowest BCUT2D eigenvalue weighted by Crippen LogP contribution is -1.99. The average molecular weight is 368 g/mol. The third kappa shape index (κ3) is 3.15. The van der Waals surface area contributed by atoms with Crippen molar-refractivity contribution in [3.63, 3.8) is 0 Å². The Labute approximate surface area is 161 Å². The highest BCUT2D eigenvalue weighted by Crippen LogP contribution is 2.30. The van der Waals surface area contributed by atoms with Crippen molar-refractivity contribution in [2.75, 3.05) is 12.8 Å². The molecule has 7 nitrogen and oxygen atoms in total. The molecule has 0 aliphatic heterocycles. The predicted octanol–water partition coefficient (Wildman–Crippen LogP) is 3.46. The molecule has 28 heavy (non-hydrogen) atoms. The largest absolute Gasteiger partial charge is 0.497 e. The molecule has 0 amide bonds. The van der Waals surface area contributed by atoms with Crippen LogP contribution in [0.2, 0.25) is 0 Å². The molecule has 4 rings (SSSR count).